The van der Waals surface area contributed by atoms with Crippen LogP contribution in [0.2, 0.25) is 0 Å². The average Bonchev–Trinajstić information content (AvgIpc) is 2.57. The topological polar surface area (TPSA) is 84.6 Å². The molecule has 0 aliphatic heterocycles. The highest BCUT2D eigenvalue weighted by Crippen LogP contribution is 2.22. The summed E-state index contributed by atoms with van der Waals surface area (Å²) >= 11 is 2.28. The third kappa shape index (κ3) is 2.22. The molecule has 0 unspecified atom stereocenters. The number of hydrogen-bond donors (Lipinski definition) is 1. The summed E-state index contributed by atoms with van der Waals surface area (Å²) < 4.78 is 1.71. The third-order valence-corrected chi connectivity index (χ3v) is 3.70. The molecule has 6 nitrogen and oxygen atoms in total. The van der Waals surface area contributed by atoms with Crippen LogP contribution < -0.4 is 5.56 Å². The third-order valence-electron chi connectivity index (χ3n) is 1.67. The predicted octanol–water partition coefficient (Wildman–Crippen LogP) is 0.636. The van der Waals surface area contributed by atoms with Gasteiger partial charge >= 0.3 is 5.97 Å². The molecule has 0 radical (unpaired) electrons. The molecule has 1 N–H and O–H groups in total. The van der Waals surface area contributed by atoms with Crippen molar-refractivity contribution in [3.63, 3.8) is 0 Å². The Labute approximate surface area is 97.9 Å². The maximum absolute atomic E-state index is 11.5. The zero-order valence-corrected chi connectivity index (χ0v) is 9.84. The minimum absolute atomic E-state index is 0.0758. The van der Waals surface area contributed by atoms with Crippen LogP contribution in [0.25, 0.3) is 4.96 Å². The van der Waals surface area contributed by atoms with Crippen LogP contribution in [-0.4, -0.2) is 31.4 Å². The number of rotatable bonds is 3. The molecule has 0 saturated carbocycles. The van der Waals surface area contributed by atoms with E-state index in [0.717, 1.165) is 11.8 Å². The van der Waals surface area contributed by atoms with Crippen molar-refractivity contribution >= 4 is 34.0 Å². The Hall–Kier alpha value is -1.41. The number of carbonyl (C=O) groups is 1. The molecule has 2 heterocycles. The van der Waals surface area contributed by atoms with Crippen LogP contribution in [0, 0.1) is 6.92 Å². The Morgan fingerprint density at radius 2 is 2.44 bits per heavy atom. The first-order chi connectivity index (χ1) is 7.56. The van der Waals surface area contributed by atoms with Gasteiger partial charge in [-0.15, -0.1) is 5.10 Å². The van der Waals surface area contributed by atoms with E-state index in [4.69, 9.17) is 5.11 Å². The Morgan fingerprint density at radius 3 is 3.12 bits per heavy atom. The SMILES string of the molecule is Cc1cc(=O)n2nc(SCC(=O)O)sc2n1. The van der Waals surface area contributed by atoms with Crippen LogP contribution in [0.1, 0.15) is 5.69 Å². The van der Waals surface area contributed by atoms with Gasteiger partial charge in [-0.1, -0.05) is 23.1 Å². The normalized spacial score (nSPS) is 10.8. The van der Waals surface area contributed by atoms with Gasteiger partial charge in [0.2, 0.25) is 4.96 Å². The van der Waals surface area contributed by atoms with Crippen molar-refractivity contribution in [2.75, 3.05) is 5.75 Å². The Balaban J connectivity index is 2.40. The second kappa shape index (κ2) is 4.22. The number of hydrogen-bond acceptors (Lipinski definition) is 6. The van der Waals surface area contributed by atoms with Crippen molar-refractivity contribution in [2.45, 2.75) is 11.3 Å². The molecule has 8 heteroatoms. The molecule has 2 aromatic heterocycles. The molecule has 0 atom stereocenters. The molecule has 0 spiro atoms. The fourth-order valence-corrected chi connectivity index (χ4v) is 2.79. The number of carboxylic acids is 1. The minimum Gasteiger partial charge on any atom is -0.481 e. The van der Waals surface area contributed by atoms with E-state index in [1.54, 1.807) is 6.92 Å². The number of aryl methyl sites for hydroxylation is 1. The van der Waals surface area contributed by atoms with E-state index in [-0.39, 0.29) is 11.3 Å². The summed E-state index contributed by atoms with van der Waals surface area (Å²) in [5.41, 5.74) is 0.379. The molecule has 2 aromatic rings. The minimum atomic E-state index is -0.916. The standard InChI is InChI=1S/C8H7N3O3S2/c1-4-2-5(12)11-7(9-4)16-8(10-11)15-3-6(13)14/h2H,3H2,1H3,(H,13,14). The van der Waals surface area contributed by atoms with Gasteiger partial charge < -0.3 is 5.11 Å². The van der Waals surface area contributed by atoms with Gasteiger partial charge in [0, 0.05) is 11.8 Å². The predicted molar refractivity (Wildman–Crippen MR) is 60.2 cm³/mol. The lowest BCUT2D eigenvalue weighted by Crippen LogP contribution is -2.14. The zero-order chi connectivity index (χ0) is 11.7. The number of thioether (sulfide) groups is 1. The monoisotopic (exact) mass is 257 g/mol. The van der Waals surface area contributed by atoms with Crippen molar-refractivity contribution in [1.29, 1.82) is 0 Å². The summed E-state index contributed by atoms with van der Waals surface area (Å²) in [4.78, 5) is 26.5. The van der Waals surface area contributed by atoms with Crippen LogP contribution in [0.15, 0.2) is 15.2 Å². The van der Waals surface area contributed by atoms with Gasteiger partial charge in [-0.05, 0) is 6.92 Å². The van der Waals surface area contributed by atoms with Crippen LogP contribution in [0.5, 0.6) is 0 Å². The number of carboxylic acid groups (broad SMARTS) is 1. The summed E-state index contributed by atoms with van der Waals surface area (Å²) in [7, 11) is 0. The molecular weight excluding hydrogens is 250 g/mol. The van der Waals surface area contributed by atoms with Gasteiger partial charge in [-0.3, -0.25) is 9.59 Å². The lowest BCUT2D eigenvalue weighted by Gasteiger charge is -1.90. The fraction of sp³-hybridized carbons (Fsp3) is 0.250. The Bertz CT molecular complexity index is 604. The fourth-order valence-electron chi connectivity index (χ4n) is 1.08. The van der Waals surface area contributed by atoms with Gasteiger partial charge in [0.15, 0.2) is 4.34 Å². The lowest BCUT2D eigenvalue weighted by molar-refractivity contribution is -0.133. The van der Waals surface area contributed by atoms with Crippen LogP contribution in [-0.2, 0) is 4.79 Å². The van der Waals surface area contributed by atoms with E-state index in [1.165, 1.54) is 21.9 Å². The van der Waals surface area contributed by atoms with E-state index >= 15 is 0 Å². The highest BCUT2D eigenvalue weighted by atomic mass is 32.2. The van der Waals surface area contributed by atoms with Crippen molar-refractivity contribution < 1.29 is 9.90 Å². The van der Waals surface area contributed by atoms with Crippen molar-refractivity contribution in [3.8, 4) is 0 Å². The Kier molecular flexibility index (Phi) is 2.92. The van der Waals surface area contributed by atoms with Gasteiger partial charge in [-0.25, -0.2) is 4.98 Å². The number of nitrogens with zero attached hydrogens (tertiary/aromatic N) is 3. The van der Waals surface area contributed by atoms with E-state index in [0.29, 0.717) is 15.0 Å². The van der Waals surface area contributed by atoms with Gasteiger partial charge in [0.05, 0.1) is 5.75 Å². The van der Waals surface area contributed by atoms with Gasteiger partial charge in [0.1, 0.15) is 0 Å². The second-order valence-electron chi connectivity index (χ2n) is 2.98. The first kappa shape index (κ1) is 11.1. The Morgan fingerprint density at radius 1 is 1.69 bits per heavy atom. The number of fused-ring (bicyclic) bond motifs is 1. The van der Waals surface area contributed by atoms with Crippen molar-refractivity contribution in [1.82, 2.24) is 14.6 Å². The zero-order valence-electron chi connectivity index (χ0n) is 8.21. The molecule has 16 heavy (non-hydrogen) atoms. The summed E-state index contributed by atoms with van der Waals surface area (Å²) in [6.45, 7) is 1.73. The molecule has 2 rings (SSSR count). The summed E-state index contributed by atoms with van der Waals surface area (Å²) in [6.07, 6.45) is 0. The lowest BCUT2D eigenvalue weighted by atomic mass is 10.5. The van der Waals surface area contributed by atoms with Crippen molar-refractivity contribution in [2.24, 2.45) is 0 Å². The van der Waals surface area contributed by atoms with E-state index in [9.17, 15) is 9.59 Å². The number of aliphatic carboxylic acids is 1. The highest BCUT2D eigenvalue weighted by molar-refractivity contribution is 8.01. The molecule has 0 saturated heterocycles. The highest BCUT2D eigenvalue weighted by Gasteiger charge is 2.09. The molecule has 0 bridgehead atoms. The maximum Gasteiger partial charge on any atom is 0.313 e. The van der Waals surface area contributed by atoms with E-state index in [1.807, 2.05) is 0 Å². The second-order valence-corrected chi connectivity index (χ2v) is 5.16. The van der Waals surface area contributed by atoms with E-state index < -0.39 is 5.97 Å². The largest absolute Gasteiger partial charge is 0.481 e. The van der Waals surface area contributed by atoms with E-state index in [2.05, 4.69) is 10.1 Å². The first-order valence-electron chi connectivity index (χ1n) is 4.28. The average molecular weight is 257 g/mol. The molecule has 0 amide bonds. The molecule has 84 valence electrons. The van der Waals surface area contributed by atoms with Crippen LogP contribution in [0.3, 0.4) is 0 Å². The molecule has 0 aliphatic carbocycles. The van der Waals surface area contributed by atoms with Gasteiger partial charge in [-0.2, -0.15) is 4.52 Å². The summed E-state index contributed by atoms with van der Waals surface area (Å²) in [5, 5.41) is 12.5. The van der Waals surface area contributed by atoms with Crippen LogP contribution in [0.4, 0.5) is 0 Å². The van der Waals surface area contributed by atoms with Crippen molar-refractivity contribution in [3.05, 3.63) is 22.1 Å². The maximum atomic E-state index is 11.5. The molecule has 0 fully saturated rings. The molecule has 0 aliphatic rings. The molecular formula is C8H7N3O3S2. The van der Waals surface area contributed by atoms with Gasteiger partial charge in [0.25, 0.3) is 5.56 Å². The summed E-state index contributed by atoms with van der Waals surface area (Å²) in [6, 6.07) is 1.39. The number of aromatic nitrogens is 3. The first-order valence-corrected chi connectivity index (χ1v) is 6.08. The van der Waals surface area contributed by atoms with Crippen LogP contribution >= 0.6 is 23.1 Å². The quantitative estimate of drug-likeness (QED) is 0.812. The smallest absolute Gasteiger partial charge is 0.313 e. The summed E-state index contributed by atoms with van der Waals surface area (Å²) in [5.74, 6) is -0.992. The molecule has 0 aromatic carbocycles.